The number of hydrogen-bond donors (Lipinski definition) is 0. The highest BCUT2D eigenvalue weighted by Gasteiger charge is 2.23. The van der Waals surface area contributed by atoms with E-state index in [1.165, 1.54) is 12.1 Å². The van der Waals surface area contributed by atoms with Crippen LogP contribution >= 0.6 is 0 Å². The van der Waals surface area contributed by atoms with Gasteiger partial charge in [0.2, 0.25) is 0 Å². The minimum atomic E-state index is -3.78. The molecule has 0 radical (unpaired) electrons. The molecule has 0 aromatic heterocycles. The molecule has 0 aliphatic heterocycles. The van der Waals surface area contributed by atoms with Crippen molar-refractivity contribution in [2.45, 2.75) is 25.7 Å². The van der Waals surface area contributed by atoms with Crippen molar-refractivity contribution in [3.8, 4) is 0 Å². The zero-order chi connectivity index (χ0) is 13.1. The quantitative estimate of drug-likeness (QED) is 0.596. The predicted molar refractivity (Wildman–Crippen MR) is 64.2 cm³/mol. The molecule has 0 aliphatic carbocycles. The summed E-state index contributed by atoms with van der Waals surface area (Å²) in [4.78, 5) is 10.8. The van der Waals surface area contributed by atoms with Gasteiger partial charge in [-0.3, -0.25) is 4.18 Å². The van der Waals surface area contributed by atoms with Crippen molar-refractivity contribution in [1.29, 1.82) is 0 Å². The summed E-state index contributed by atoms with van der Waals surface area (Å²) in [6, 6.07) is 6.36. The smallest absolute Gasteiger partial charge is 0.297 e. The molecule has 0 atom stereocenters. The van der Waals surface area contributed by atoms with Gasteiger partial charge in [0.05, 0.1) is 11.5 Å². The van der Waals surface area contributed by atoms with Crippen LogP contribution in [0.1, 0.15) is 19.4 Å². The molecule has 0 heterocycles. The Balaban J connectivity index is 2.83. The Hall–Kier alpha value is -1.20. The average Bonchev–Trinajstić information content (AvgIpc) is 2.27. The third-order valence-corrected chi connectivity index (χ3v) is 3.49. The van der Waals surface area contributed by atoms with Crippen LogP contribution in [0, 0.1) is 12.3 Å². The molecule has 0 aliphatic rings. The molecule has 1 aromatic rings. The van der Waals surface area contributed by atoms with Crippen molar-refractivity contribution in [3.05, 3.63) is 29.8 Å². The first-order valence-electron chi connectivity index (χ1n) is 5.19. The molecular weight excluding hydrogens is 240 g/mol. The molecule has 94 valence electrons. The number of hydrogen-bond acceptors (Lipinski definition) is 4. The summed E-state index contributed by atoms with van der Waals surface area (Å²) in [6.07, 6.45) is 0.678. The molecule has 0 fully saturated rings. The minimum Gasteiger partial charge on any atom is -0.303 e. The highest BCUT2D eigenvalue weighted by molar-refractivity contribution is 7.86. The first-order valence-corrected chi connectivity index (χ1v) is 6.60. The second-order valence-electron chi connectivity index (χ2n) is 4.64. The number of aldehydes is 1. The molecule has 1 rings (SSSR count). The Morgan fingerprint density at radius 2 is 1.76 bits per heavy atom. The van der Waals surface area contributed by atoms with E-state index >= 15 is 0 Å². The molecule has 5 heteroatoms. The minimum absolute atomic E-state index is 0.102. The second-order valence-corrected chi connectivity index (χ2v) is 6.25. The van der Waals surface area contributed by atoms with Gasteiger partial charge < -0.3 is 4.79 Å². The van der Waals surface area contributed by atoms with Crippen molar-refractivity contribution >= 4 is 16.4 Å². The Morgan fingerprint density at radius 3 is 2.24 bits per heavy atom. The summed E-state index contributed by atoms with van der Waals surface area (Å²) in [7, 11) is -3.78. The van der Waals surface area contributed by atoms with E-state index in [9.17, 15) is 13.2 Å². The first kappa shape index (κ1) is 13.9. The summed E-state index contributed by atoms with van der Waals surface area (Å²) in [5.41, 5.74) is 0.162. The maximum absolute atomic E-state index is 11.8. The Morgan fingerprint density at radius 1 is 1.24 bits per heavy atom. The van der Waals surface area contributed by atoms with Crippen molar-refractivity contribution in [1.82, 2.24) is 0 Å². The van der Waals surface area contributed by atoms with Gasteiger partial charge in [-0.25, -0.2) is 0 Å². The van der Waals surface area contributed by atoms with Crippen LogP contribution in [0.25, 0.3) is 0 Å². The zero-order valence-electron chi connectivity index (χ0n) is 10.1. The second kappa shape index (κ2) is 4.98. The molecular formula is C12H16O4S. The van der Waals surface area contributed by atoms with Crippen LogP contribution in [-0.4, -0.2) is 21.3 Å². The molecule has 0 bridgehead atoms. The van der Waals surface area contributed by atoms with Crippen molar-refractivity contribution < 1.29 is 17.4 Å². The van der Waals surface area contributed by atoms with Crippen LogP contribution in [0.15, 0.2) is 29.2 Å². The molecule has 17 heavy (non-hydrogen) atoms. The zero-order valence-corrected chi connectivity index (χ0v) is 11.0. The van der Waals surface area contributed by atoms with Gasteiger partial charge in [-0.2, -0.15) is 8.42 Å². The van der Waals surface area contributed by atoms with Gasteiger partial charge in [-0.1, -0.05) is 31.5 Å². The van der Waals surface area contributed by atoms with Gasteiger partial charge in [0, 0.05) is 5.41 Å². The van der Waals surface area contributed by atoms with E-state index in [4.69, 9.17) is 4.18 Å². The summed E-state index contributed by atoms with van der Waals surface area (Å²) in [5, 5.41) is 0. The number of aryl methyl sites for hydroxylation is 1. The molecule has 0 unspecified atom stereocenters. The summed E-state index contributed by atoms with van der Waals surface area (Å²) < 4.78 is 28.4. The molecule has 0 saturated heterocycles. The average molecular weight is 256 g/mol. The fraction of sp³-hybridized carbons (Fsp3) is 0.417. The van der Waals surface area contributed by atoms with Crippen LogP contribution < -0.4 is 0 Å². The molecule has 1 aromatic carbocycles. The fourth-order valence-corrected chi connectivity index (χ4v) is 2.10. The van der Waals surface area contributed by atoms with Gasteiger partial charge in [-0.05, 0) is 19.1 Å². The Kier molecular flexibility index (Phi) is 4.06. The topological polar surface area (TPSA) is 60.4 Å². The summed E-state index contributed by atoms with van der Waals surface area (Å²) in [6.45, 7) is 4.94. The van der Waals surface area contributed by atoms with Crippen LogP contribution in [0.5, 0.6) is 0 Å². The van der Waals surface area contributed by atoms with Gasteiger partial charge in [0.1, 0.15) is 6.29 Å². The maximum Gasteiger partial charge on any atom is 0.297 e. The Bertz CT molecular complexity index is 486. The van der Waals surface area contributed by atoms with Crippen molar-refractivity contribution in [3.63, 3.8) is 0 Å². The molecule has 0 saturated carbocycles. The van der Waals surface area contributed by atoms with Gasteiger partial charge in [0.15, 0.2) is 0 Å². The van der Waals surface area contributed by atoms with Crippen LogP contribution in [-0.2, 0) is 19.1 Å². The van der Waals surface area contributed by atoms with E-state index in [1.54, 1.807) is 26.0 Å². The molecule has 0 amide bonds. The number of carbonyl (C=O) groups excluding carboxylic acids is 1. The van der Waals surface area contributed by atoms with E-state index in [0.717, 1.165) is 5.56 Å². The highest BCUT2D eigenvalue weighted by Crippen LogP contribution is 2.18. The van der Waals surface area contributed by atoms with E-state index in [-0.39, 0.29) is 11.5 Å². The summed E-state index contributed by atoms with van der Waals surface area (Å²) >= 11 is 0. The van der Waals surface area contributed by atoms with Gasteiger partial charge in [0.25, 0.3) is 10.1 Å². The van der Waals surface area contributed by atoms with Crippen molar-refractivity contribution in [2.75, 3.05) is 6.61 Å². The number of benzene rings is 1. The lowest BCUT2D eigenvalue weighted by atomic mass is 9.98. The third kappa shape index (κ3) is 3.94. The van der Waals surface area contributed by atoms with Gasteiger partial charge in [-0.15, -0.1) is 0 Å². The summed E-state index contributed by atoms with van der Waals surface area (Å²) in [5.74, 6) is 0. The lowest BCUT2D eigenvalue weighted by Gasteiger charge is -2.16. The lowest BCUT2D eigenvalue weighted by molar-refractivity contribution is -0.115. The van der Waals surface area contributed by atoms with Gasteiger partial charge >= 0.3 is 0 Å². The third-order valence-electron chi connectivity index (χ3n) is 2.21. The predicted octanol–water partition coefficient (Wildman–Crippen LogP) is 1.93. The normalized spacial score (nSPS) is 12.4. The van der Waals surface area contributed by atoms with Crippen molar-refractivity contribution in [2.24, 2.45) is 5.41 Å². The molecule has 0 N–H and O–H groups in total. The molecule has 4 nitrogen and oxygen atoms in total. The standard InChI is InChI=1S/C12H16O4S/c1-10-4-6-11(7-5-10)17(14,15)16-9-12(2,3)8-13/h4-8H,9H2,1-3H3. The number of rotatable bonds is 5. The SMILES string of the molecule is Cc1ccc(S(=O)(=O)OCC(C)(C)C=O)cc1. The van der Waals surface area contributed by atoms with Crippen LogP contribution in [0.2, 0.25) is 0 Å². The first-order chi connectivity index (χ1) is 7.77. The van der Waals surface area contributed by atoms with E-state index < -0.39 is 15.5 Å². The fourth-order valence-electron chi connectivity index (χ4n) is 1.04. The van der Waals surface area contributed by atoms with Crippen LogP contribution in [0.3, 0.4) is 0 Å². The Labute approximate surface area is 102 Å². The largest absolute Gasteiger partial charge is 0.303 e. The van der Waals surface area contributed by atoms with E-state index in [0.29, 0.717) is 6.29 Å². The highest BCUT2D eigenvalue weighted by atomic mass is 32.2. The van der Waals surface area contributed by atoms with E-state index in [2.05, 4.69) is 0 Å². The molecule has 0 spiro atoms. The van der Waals surface area contributed by atoms with Crippen LogP contribution in [0.4, 0.5) is 0 Å². The number of carbonyl (C=O) groups is 1. The lowest BCUT2D eigenvalue weighted by Crippen LogP contribution is -2.23. The van der Waals surface area contributed by atoms with E-state index in [1.807, 2.05) is 6.92 Å². The maximum atomic E-state index is 11.8. The monoisotopic (exact) mass is 256 g/mol.